The number of hydrogen-bond acceptors (Lipinski definition) is 10. The van der Waals surface area contributed by atoms with Gasteiger partial charge in [-0.25, -0.2) is 14.4 Å². The third kappa shape index (κ3) is 7.37. The van der Waals surface area contributed by atoms with Gasteiger partial charge in [-0.05, 0) is 12.8 Å². The van der Waals surface area contributed by atoms with Gasteiger partial charge in [0.2, 0.25) is 17.7 Å². The predicted octanol–water partition coefficient (Wildman–Crippen LogP) is 4.86. The van der Waals surface area contributed by atoms with Gasteiger partial charge in [0.25, 0.3) is 0 Å². The Balaban J connectivity index is 1.23. The molecular formula is C34H36Cl2FN7O4. The number of halogens is 3. The highest BCUT2D eigenvalue weighted by Crippen LogP contribution is 2.42. The van der Waals surface area contributed by atoms with Gasteiger partial charge < -0.3 is 25.2 Å². The molecule has 3 atom stereocenters. The first kappa shape index (κ1) is 33.9. The Morgan fingerprint density at radius 2 is 1.52 bits per heavy atom. The maximum absolute atomic E-state index is 14.1. The summed E-state index contributed by atoms with van der Waals surface area (Å²) in [5.74, 6) is 0.756. The minimum absolute atomic E-state index is 0.0736. The molecule has 4 heterocycles. The molecule has 11 nitrogen and oxygen atoms in total. The number of carbonyl (C=O) groups is 1. The molecule has 2 aromatic carbocycles. The van der Waals surface area contributed by atoms with Crippen LogP contribution < -0.4 is 20.1 Å². The van der Waals surface area contributed by atoms with E-state index in [1.54, 1.807) is 19.5 Å². The number of aliphatic hydroxyl groups is 1. The van der Waals surface area contributed by atoms with Crippen molar-refractivity contribution in [2.24, 2.45) is 0 Å². The third-order valence-corrected chi connectivity index (χ3v) is 9.40. The number of benzene rings is 2. The summed E-state index contributed by atoms with van der Waals surface area (Å²) in [4.78, 5) is 32.0. The first-order valence-electron chi connectivity index (χ1n) is 15.7. The monoisotopic (exact) mass is 695 g/mol. The minimum atomic E-state index is -1.31. The Hall–Kier alpha value is -3.94. The largest absolute Gasteiger partial charge is 0.480 e. The molecule has 0 aliphatic carbocycles. The quantitative estimate of drug-likeness (QED) is 0.200. The first-order valence-corrected chi connectivity index (χ1v) is 16.4. The number of nitrogens with zero attached hydrogens (tertiary/aromatic N) is 5. The van der Waals surface area contributed by atoms with Crippen molar-refractivity contribution < 1.29 is 23.8 Å². The summed E-state index contributed by atoms with van der Waals surface area (Å²) in [5, 5.41) is 16.9. The van der Waals surface area contributed by atoms with Crippen molar-refractivity contribution in [3.8, 4) is 45.4 Å². The van der Waals surface area contributed by atoms with E-state index in [0.717, 1.165) is 6.42 Å². The van der Waals surface area contributed by atoms with Crippen molar-refractivity contribution in [1.82, 2.24) is 35.5 Å². The van der Waals surface area contributed by atoms with Crippen LogP contribution in [0.25, 0.3) is 33.6 Å². The van der Waals surface area contributed by atoms with Gasteiger partial charge in [-0.1, -0.05) is 59.6 Å². The van der Waals surface area contributed by atoms with E-state index >= 15 is 0 Å². The molecule has 2 aliphatic rings. The molecule has 6 rings (SSSR count). The zero-order chi connectivity index (χ0) is 33.8. The number of rotatable bonds is 11. The molecule has 2 saturated heterocycles. The maximum Gasteiger partial charge on any atom is 0.237 e. The fraction of sp³-hybridized carbons (Fsp3) is 0.382. The number of amides is 1. The Morgan fingerprint density at radius 1 is 0.938 bits per heavy atom. The molecule has 0 bridgehead atoms. The van der Waals surface area contributed by atoms with Gasteiger partial charge in [0.05, 0.1) is 54.2 Å². The molecule has 0 spiro atoms. The molecule has 48 heavy (non-hydrogen) atoms. The molecule has 2 aliphatic heterocycles. The van der Waals surface area contributed by atoms with Crippen molar-refractivity contribution >= 4 is 29.1 Å². The van der Waals surface area contributed by atoms with Crippen molar-refractivity contribution in [1.29, 1.82) is 0 Å². The van der Waals surface area contributed by atoms with Crippen molar-refractivity contribution in [3.63, 3.8) is 0 Å². The summed E-state index contributed by atoms with van der Waals surface area (Å²) in [6, 6.07) is 11.3. The highest BCUT2D eigenvalue weighted by atomic mass is 35.5. The number of ether oxygens (including phenoxy) is 2. The lowest BCUT2D eigenvalue weighted by atomic mass is 9.98. The van der Waals surface area contributed by atoms with E-state index in [1.807, 2.05) is 41.3 Å². The molecule has 4 aromatic rings. The van der Waals surface area contributed by atoms with Crippen LogP contribution in [0.2, 0.25) is 10.0 Å². The van der Waals surface area contributed by atoms with Gasteiger partial charge >= 0.3 is 0 Å². The summed E-state index contributed by atoms with van der Waals surface area (Å²) in [6.45, 7) is 2.05. The van der Waals surface area contributed by atoms with E-state index in [-0.39, 0.29) is 18.5 Å². The average molecular weight is 697 g/mol. The molecule has 3 N–H and O–H groups in total. The van der Waals surface area contributed by atoms with Crippen molar-refractivity contribution in [2.45, 2.75) is 50.7 Å². The molecule has 0 saturated carbocycles. The lowest BCUT2D eigenvalue weighted by Gasteiger charge is -2.31. The molecule has 252 valence electrons. The summed E-state index contributed by atoms with van der Waals surface area (Å²) < 4.78 is 25.2. The lowest BCUT2D eigenvalue weighted by molar-refractivity contribution is -0.119. The third-order valence-electron chi connectivity index (χ3n) is 8.58. The van der Waals surface area contributed by atoms with Gasteiger partial charge in [0.15, 0.2) is 0 Å². The highest BCUT2D eigenvalue weighted by molar-refractivity contribution is 6.39. The topological polar surface area (TPSA) is 135 Å². The number of likely N-dealkylation sites (tertiary alicyclic amines) is 1. The van der Waals surface area contributed by atoms with Crippen LogP contribution in [0, 0.1) is 0 Å². The lowest BCUT2D eigenvalue weighted by Crippen LogP contribution is -2.44. The fourth-order valence-corrected chi connectivity index (χ4v) is 6.64. The van der Waals surface area contributed by atoms with Gasteiger partial charge in [-0.3, -0.25) is 19.7 Å². The maximum atomic E-state index is 14.1. The number of aromatic nitrogens is 4. The number of methoxy groups -OCH3 is 2. The molecule has 14 heteroatoms. The number of carbonyl (C=O) groups excluding carboxylic acids is 1. The van der Waals surface area contributed by atoms with Crippen LogP contribution in [0.1, 0.15) is 30.7 Å². The zero-order valence-corrected chi connectivity index (χ0v) is 28.1. The zero-order valence-electron chi connectivity index (χ0n) is 26.5. The molecule has 1 unspecified atom stereocenters. The summed E-state index contributed by atoms with van der Waals surface area (Å²) in [6.07, 6.45) is 2.73. The number of alkyl halides is 1. The average Bonchev–Trinajstić information content (AvgIpc) is 3.51. The van der Waals surface area contributed by atoms with Crippen LogP contribution in [0.4, 0.5) is 4.39 Å². The van der Waals surface area contributed by atoms with Gasteiger partial charge in [0, 0.05) is 67.4 Å². The van der Waals surface area contributed by atoms with Gasteiger partial charge in [-0.2, -0.15) is 0 Å². The van der Waals surface area contributed by atoms with Crippen LogP contribution in [0.3, 0.4) is 0 Å². The normalized spacial score (nSPS) is 19.7. The second kappa shape index (κ2) is 15.1. The smallest absolute Gasteiger partial charge is 0.237 e. The van der Waals surface area contributed by atoms with Crippen LogP contribution in [-0.2, 0) is 17.9 Å². The molecule has 2 fully saturated rings. The van der Waals surface area contributed by atoms with Gasteiger partial charge in [-0.15, -0.1) is 0 Å². The summed E-state index contributed by atoms with van der Waals surface area (Å²) in [5.41, 5.74) is 4.90. The Kier molecular flexibility index (Phi) is 10.7. The Labute approximate surface area is 287 Å². The first-order chi connectivity index (χ1) is 23.2. The number of nitrogens with one attached hydrogen (secondary N) is 2. The molecule has 1 amide bonds. The summed E-state index contributed by atoms with van der Waals surface area (Å²) in [7, 11) is 3.05. The number of piperidine rings is 1. The molecule has 2 aromatic heterocycles. The molecule has 0 radical (unpaired) electrons. The number of hydrogen-bond donors (Lipinski definition) is 3. The van der Waals surface area contributed by atoms with E-state index in [4.69, 9.17) is 42.6 Å². The standard InChI is InChI=1S/C34H36Cl2FN7O4/c1-47-33-27(14-38-13-19-9-10-30(46)41-19)39-15-25(42-33)22-7-3-5-20(31(22)35)21-6-4-8-23(32(21)36)26-16-40-28(34(43-26)48-2)18-44-12-11-29(45)24(37)17-44/h3-8,15-16,19,24,29,38,45H,9-14,17-18H2,1-2H3,(H,41,46)/t19?,24-,29+/m1/s1. The second-order valence-corrected chi connectivity index (χ2v) is 12.6. The minimum Gasteiger partial charge on any atom is -0.480 e. The Morgan fingerprint density at radius 3 is 2.08 bits per heavy atom. The van der Waals surface area contributed by atoms with Crippen LogP contribution in [-0.4, -0.2) is 88.0 Å². The van der Waals surface area contributed by atoms with E-state index in [9.17, 15) is 14.3 Å². The van der Waals surface area contributed by atoms with Crippen molar-refractivity contribution in [2.75, 3.05) is 33.9 Å². The van der Waals surface area contributed by atoms with Crippen molar-refractivity contribution in [3.05, 3.63) is 70.2 Å². The van der Waals surface area contributed by atoms with Crippen LogP contribution in [0.5, 0.6) is 11.8 Å². The Bertz CT molecular complexity index is 1800. The van der Waals surface area contributed by atoms with E-state index in [1.165, 1.54) is 7.11 Å². The SMILES string of the molecule is COc1nc(-c2cccc(-c3cccc(-c4cnc(CN5CC[C@H](O)[C@H](F)C5)c(OC)n4)c3Cl)c2Cl)cnc1CNCC1CCC(=O)N1. The van der Waals surface area contributed by atoms with Crippen LogP contribution >= 0.6 is 23.2 Å². The summed E-state index contributed by atoms with van der Waals surface area (Å²) >= 11 is 14.0. The highest BCUT2D eigenvalue weighted by Gasteiger charge is 2.28. The van der Waals surface area contributed by atoms with E-state index in [2.05, 4.69) is 20.6 Å². The molecular weight excluding hydrogens is 660 g/mol. The fourth-order valence-electron chi connectivity index (χ4n) is 5.99. The van der Waals surface area contributed by atoms with Crippen LogP contribution in [0.15, 0.2) is 48.8 Å². The van der Waals surface area contributed by atoms with E-state index < -0.39 is 12.3 Å². The van der Waals surface area contributed by atoms with Gasteiger partial charge in [0.1, 0.15) is 17.6 Å². The number of aliphatic hydroxyl groups excluding tert-OH is 1. The predicted molar refractivity (Wildman–Crippen MR) is 181 cm³/mol. The second-order valence-electron chi connectivity index (χ2n) is 11.8. The van der Waals surface area contributed by atoms with E-state index in [0.29, 0.717) is 106 Å².